The van der Waals surface area contributed by atoms with Crippen LogP contribution in [0.4, 0.5) is 19.1 Å². The fraction of sp³-hybridized carbons (Fsp3) is 0.375. The van der Waals surface area contributed by atoms with E-state index in [-0.39, 0.29) is 42.3 Å². The van der Waals surface area contributed by atoms with Crippen molar-refractivity contribution in [1.29, 1.82) is 0 Å². The summed E-state index contributed by atoms with van der Waals surface area (Å²) in [7, 11) is 1.23. The van der Waals surface area contributed by atoms with Crippen LogP contribution >= 0.6 is 11.6 Å². The number of aromatic nitrogens is 4. The van der Waals surface area contributed by atoms with Crippen molar-refractivity contribution >= 4 is 40.5 Å². The van der Waals surface area contributed by atoms with Crippen molar-refractivity contribution in [2.45, 2.75) is 32.4 Å². The first-order valence-electron chi connectivity index (χ1n) is 11.6. The number of hydrogen-bond acceptors (Lipinski definition) is 8. The van der Waals surface area contributed by atoms with E-state index in [1.54, 1.807) is 6.92 Å². The Kier molecular flexibility index (Phi) is 7.84. The zero-order valence-corrected chi connectivity index (χ0v) is 21.5. The van der Waals surface area contributed by atoms with Crippen LogP contribution in [0.2, 0.25) is 5.02 Å². The van der Waals surface area contributed by atoms with Crippen LogP contribution in [0.25, 0.3) is 11.2 Å². The number of carbonyl (C=O) groups excluding carboxylic acids is 2. The third-order valence-electron chi connectivity index (χ3n) is 6.02. The van der Waals surface area contributed by atoms with Gasteiger partial charge in [-0.1, -0.05) is 17.5 Å². The Balaban J connectivity index is 1.89. The number of imidazole rings is 1. The maximum atomic E-state index is 13.2. The number of benzene rings is 1. The van der Waals surface area contributed by atoms with Crippen LogP contribution in [0.1, 0.15) is 17.3 Å². The molecule has 206 valence electrons. The number of fused-ring (bicyclic) bond motifs is 1. The molecule has 0 amide bonds. The van der Waals surface area contributed by atoms with E-state index in [4.69, 9.17) is 16.3 Å². The summed E-state index contributed by atoms with van der Waals surface area (Å²) in [6.45, 7) is 1.12. The van der Waals surface area contributed by atoms with E-state index in [1.807, 2.05) is 0 Å². The summed E-state index contributed by atoms with van der Waals surface area (Å²) in [5.74, 6) is 2.54. The molecular formula is C24H22ClF3N6O5. The Hall–Kier alpha value is -4.09. The number of carbonyl (C=O) groups is 2. The molecule has 0 saturated carbocycles. The summed E-state index contributed by atoms with van der Waals surface area (Å²) in [4.78, 5) is 56.7. The van der Waals surface area contributed by atoms with Gasteiger partial charge >= 0.3 is 17.8 Å². The molecule has 4 rings (SSSR count). The number of anilines is 1. The summed E-state index contributed by atoms with van der Waals surface area (Å²) in [5, 5.41) is 3.26. The quantitative estimate of drug-likeness (QED) is 0.269. The van der Waals surface area contributed by atoms with Gasteiger partial charge in [-0.05, 0) is 31.2 Å². The molecule has 39 heavy (non-hydrogen) atoms. The molecule has 0 bridgehead atoms. The zero-order valence-electron chi connectivity index (χ0n) is 20.7. The molecule has 1 aliphatic heterocycles. The molecule has 1 aliphatic rings. The lowest BCUT2D eigenvalue weighted by Crippen LogP contribution is -2.55. The Morgan fingerprint density at radius 2 is 1.90 bits per heavy atom. The molecule has 1 fully saturated rings. The van der Waals surface area contributed by atoms with Gasteiger partial charge in [0.1, 0.15) is 0 Å². The topological polar surface area (TPSA) is 120 Å². The second-order valence-corrected chi connectivity index (χ2v) is 8.95. The highest BCUT2D eigenvalue weighted by molar-refractivity contribution is 6.30. The van der Waals surface area contributed by atoms with Crippen molar-refractivity contribution in [2.75, 3.05) is 24.5 Å². The summed E-state index contributed by atoms with van der Waals surface area (Å²) in [5.41, 5.74) is -1.59. The van der Waals surface area contributed by atoms with Gasteiger partial charge < -0.3 is 15.0 Å². The maximum absolute atomic E-state index is 13.2. The molecule has 0 aliphatic carbocycles. The van der Waals surface area contributed by atoms with Crippen LogP contribution < -0.4 is 21.5 Å². The Morgan fingerprint density at radius 3 is 2.54 bits per heavy atom. The highest BCUT2D eigenvalue weighted by Gasteiger charge is 2.44. The van der Waals surface area contributed by atoms with E-state index >= 15 is 0 Å². The van der Waals surface area contributed by atoms with Crippen LogP contribution in [-0.2, 0) is 29.7 Å². The van der Waals surface area contributed by atoms with Crippen LogP contribution in [0.5, 0.6) is 0 Å². The lowest BCUT2D eigenvalue weighted by Gasteiger charge is -2.36. The number of rotatable bonds is 6. The van der Waals surface area contributed by atoms with E-state index in [9.17, 15) is 32.3 Å². The first-order chi connectivity index (χ1) is 18.4. The molecule has 11 nitrogen and oxygen atoms in total. The molecule has 0 radical (unpaired) electrons. The first kappa shape index (κ1) is 27.9. The van der Waals surface area contributed by atoms with Gasteiger partial charge in [0, 0.05) is 30.7 Å². The number of ketones is 1. The number of hydrogen-bond donors (Lipinski definition) is 1. The average molecular weight is 567 g/mol. The summed E-state index contributed by atoms with van der Waals surface area (Å²) in [6.07, 6.45) is -6.66. The Bertz CT molecular complexity index is 1610. The van der Waals surface area contributed by atoms with Crippen LogP contribution in [-0.4, -0.2) is 62.5 Å². The number of esters is 1. The van der Waals surface area contributed by atoms with Gasteiger partial charge in [0.25, 0.3) is 5.56 Å². The van der Waals surface area contributed by atoms with Crippen LogP contribution in [0.3, 0.4) is 0 Å². The molecule has 3 heterocycles. The molecule has 15 heteroatoms. The Labute approximate surface area is 223 Å². The fourth-order valence-electron chi connectivity index (χ4n) is 4.09. The van der Waals surface area contributed by atoms with Crippen molar-refractivity contribution in [3.8, 4) is 11.8 Å². The third kappa shape index (κ3) is 5.55. The van der Waals surface area contributed by atoms with E-state index in [0.29, 0.717) is 11.6 Å². The van der Waals surface area contributed by atoms with Crippen LogP contribution in [0, 0.1) is 11.8 Å². The molecule has 1 atom stereocenters. The largest absolute Gasteiger partial charge is 0.491 e. The average Bonchev–Trinajstić information content (AvgIpc) is 3.27. The number of halogens is 4. The number of nitrogens with one attached hydrogen (secondary N) is 1. The highest BCUT2D eigenvalue weighted by atomic mass is 35.5. The summed E-state index contributed by atoms with van der Waals surface area (Å²) < 4.78 is 46.7. The second-order valence-electron chi connectivity index (χ2n) is 8.52. The fourth-order valence-corrected chi connectivity index (χ4v) is 4.22. The van der Waals surface area contributed by atoms with Gasteiger partial charge in [0.2, 0.25) is 5.95 Å². The summed E-state index contributed by atoms with van der Waals surface area (Å²) >= 11 is 5.89. The predicted molar refractivity (Wildman–Crippen MR) is 135 cm³/mol. The van der Waals surface area contributed by atoms with E-state index in [2.05, 4.69) is 22.1 Å². The highest BCUT2D eigenvalue weighted by Crippen LogP contribution is 2.25. The van der Waals surface area contributed by atoms with E-state index in [0.717, 1.165) is 9.13 Å². The smallest absolute Gasteiger partial charge is 0.433 e. The van der Waals surface area contributed by atoms with Gasteiger partial charge in [0.05, 0.1) is 19.6 Å². The lowest BCUT2D eigenvalue weighted by molar-refractivity contribution is -0.205. The molecule has 1 aromatic carbocycles. The van der Waals surface area contributed by atoms with Crippen LogP contribution in [0.15, 0.2) is 33.9 Å². The second kappa shape index (κ2) is 11.0. The third-order valence-corrected chi connectivity index (χ3v) is 6.27. The number of piperazine rings is 1. The minimum atomic E-state index is -5.23. The molecule has 1 unspecified atom stereocenters. The van der Waals surface area contributed by atoms with Crippen molar-refractivity contribution in [1.82, 2.24) is 24.0 Å². The predicted octanol–water partition coefficient (Wildman–Crippen LogP) is 1.30. The molecular weight excluding hydrogens is 545 g/mol. The van der Waals surface area contributed by atoms with E-state index < -0.39 is 42.0 Å². The van der Waals surface area contributed by atoms with Crippen molar-refractivity contribution in [2.24, 2.45) is 7.05 Å². The maximum Gasteiger partial charge on any atom is 0.491 e. The standard InChI is InChI=1S/C24H22ClF3N6O5/c1-3-4-10-33-18-19(30-22(33)32-11-9-29-12-17(32)39-21(37)24(26,27)28)34(23(38)31(2)20(18)36)13-16(35)14-5-7-15(25)8-6-14/h5-8,17,29H,9-13H2,1-2H3. The van der Waals surface area contributed by atoms with Gasteiger partial charge in [-0.15, -0.1) is 5.92 Å². The van der Waals surface area contributed by atoms with Crippen molar-refractivity contribution in [3.05, 3.63) is 55.7 Å². The number of alkyl halides is 3. The van der Waals surface area contributed by atoms with Crippen molar-refractivity contribution < 1.29 is 27.5 Å². The van der Waals surface area contributed by atoms with Gasteiger partial charge in [0.15, 0.2) is 23.2 Å². The minimum absolute atomic E-state index is 0.0485. The van der Waals surface area contributed by atoms with Crippen molar-refractivity contribution in [3.63, 3.8) is 0 Å². The SMILES string of the molecule is CC#CCn1c(N2CCNCC2OC(=O)C(F)(F)F)nc2c1c(=O)n(C)c(=O)n2CC(=O)c1ccc(Cl)cc1. The number of Topliss-reactive ketones (excluding diaryl/α,β-unsaturated/α-hetero) is 1. The molecule has 1 N–H and O–H groups in total. The van der Waals surface area contributed by atoms with Gasteiger partial charge in [-0.25, -0.2) is 9.59 Å². The van der Waals surface area contributed by atoms with E-state index in [1.165, 1.54) is 40.8 Å². The lowest BCUT2D eigenvalue weighted by atomic mass is 10.1. The molecule has 1 saturated heterocycles. The first-order valence-corrected chi connectivity index (χ1v) is 12.0. The monoisotopic (exact) mass is 566 g/mol. The van der Waals surface area contributed by atoms with Gasteiger partial charge in [-0.3, -0.25) is 23.3 Å². The Morgan fingerprint density at radius 1 is 1.21 bits per heavy atom. The normalized spacial score (nSPS) is 15.6. The number of nitrogens with zero attached hydrogens (tertiary/aromatic N) is 5. The zero-order chi connectivity index (χ0) is 28.5. The summed E-state index contributed by atoms with van der Waals surface area (Å²) in [6, 6.07) is 5.99. The van der Waals surface area contributed by atoms with Gasteiger partial charge in [-0.2, -0.15) is 18.2 Å². The number of ether oxygens (including phenoxy) is 1. The minimum Gasteiger partial charge on any atom is -0.433 e. The molecule has 2 aromatic heterocycles. The molecule has 0 spiro atoms. The molecule has 3 aromatic rings.